The monoisotopic (exact) mass is 301 g/mol. The Labute approximate surface area is 120 Å². The Hall–Kier alpha value is -0.950. The Kier molecular flexibility index (Phi) is 5.15. The predicted molar refractivity (Wildman–Crippen MR) is 76.1 cm³/mol. The third-order valence-electron chi connectivity index (χ3n) is 3.63. The topological polar surface area (TPSA) is 85.1 Å². The SMILES string of the molecule is CCCNC1CCC(c2nc(CS(C)(=O)=O)no2)CC1. The summed E-state index contributed by atoms with van der Waals surface area (Å²) < 4.78 is 27.6. The average Bonchev–Trinajstić information content (AvgIpc) is 2.83. The van der Waals surface area contributed by atoms with E-state index in [4.69, 9.17) is 4.52 Å². The molecule has 6 nitrogen and oxygen atoms in total. The fourth-order valence-corrected chi connectivity index (χ4v) is 3.21. The summed E-state index contributed by atoms with van der Waals surface area (Å²) in [5.41, 5.74) is 0. The number of nitrogens with zero attached hydrogens (tertiary/aromatic N) is 2. The van der Waals surface area contributed by atoms with Crippen LogP contribution in [0.1, 0.15) is 56.7 Å². The molecule has 114 valence electrons. The number of rotatable bonds is 6. The smallest absolute Gasteiger partial charge is 0.229 e. The van der Waals surface area contributed by atoms with Gasteiger partial charge < -0.3 is 9.84 Å². The van der Waals surface area contributed by atoms with Gasteiger partial charge in [0, 0.05) is 18.2 Å². The predicted octanol–water partition coefficient (Wildman–Crippen LogP) is 1.64. The summed E-state index contributed by atoms with van der Waals surface area (Å²) >= 11 is 0. The quantitative estimate of drug-likeness (QED) is 0.859. The molecule has 0 amide bonds. The highest BCUT2D eigenvalue weighted by Gasteiger charge is 2.26. The normalized spacial score (nSPS) is 23.9. The molecular formula is C13H23N3O3S. The molecule has 0 spiro atoms. The Morgan fingerprint density at radius 2 is 2.00 bits per heavy atom. The molecular weight excluding hydrogens is 278 g/mol. The number of hydrogen-bond acceptors (Lipinski definition) is 6. The molecule has 0 bridgehead atoms. The average molecular weight is 301 g/mol. The molecule has 0 aliphatic heterocycles. The summed E-state index contributed by atoms with van der Waals surface area (Å²) in [5, 5.41) is 7.30. The molecule has 0 unspecified atom stereocenters. The Bertz CT molecular complexity index is 519. The van der Waals surface area contributed by atoms with Gasteiger partial charge in [0.25, 0.3) is 0 Å². The van der Waals surface area contributed by atoms with E-state index in [0.29, 0.717) is 11.9 Å². The van der Waals surface area contributed by atoms with Crippen LogP contribution in [0.25, 0.3) is 0 Å². The van der Waals surface area contributed by atoms with Gasteiger partial charge in [-0.3, -0.25) is 0 Å². The van der Waals surface area contributed by atoms with Crippen LogP contribution < -0.4 is 5.32 Å². The first-order valence-electron chi connectivity index (χ1n) is 7.21. The molecule has 7 heteroatoms. The maximum absolute atomic E-state index is 11.2. The first-order chi connectivity index (χ1) is 9.48. The Balaban J connectivity index is 1.88. The minimum Gasteiger partial charge on any atom is -0.339 e. The zero-order valence-electron chi connectivity index (χ0n) is 12.1. The lowest BCUT2D eigenvalue weighted by atomic mass is 9.86. The number of sulfone groups is 1. The number of nitrogens with one attached hydrogen (secondary N) is 1. The molecule has 2 rings (SSSR count). The zero-order valence-corrected chi connectivity index (χ0v) is 12.9. The molecule has 1 fully saturated rings. The highest BCUT2D eigenvalue weighted by Crippen LogP contribution is 2.31. The van der Waals surface area contributed by atoms with Gasteiger partial charge >= 0.3 is 0 Å². The van der Waals surface area contributed by atoms with Crippen molar-refractivity contribution in [1.82, 2.24) is 15.5 Å². The molecule has 1 aliphatic carbocycles. The van der Waals surface area contributed by atoms with Crippen LogP contribution in [0.2, 0.25) is 0 Å². The lowest BCUT2D eigenvalue weighted by Crippen LogP contribution is -2.33. The van der Waals surface area contributed by atoms with Crippen molar-refractivity contribution >= 4 is 9.84 Å². The van der Waals surface area contributed by atoms with E-state index in [-0.39, 0.29) is 17.5 Å². The molecule has 0 aromatic carbocycles. The molecule has 0 radical (unpaired) electrons. The zero-order chi connectivity index (χ0) is 14.6. The van der Waals surface area contributed by atoms with E-state index in [1.807, 2.05) is 0 Å². The van der Waals surface area contributed by atoms with Gasteiger partial charge in [0.2, 0.25) is 5.89 Å². The van der Waals surface area contributed by atoms with Gasteiger partial charge in [0.05, 0.1) is 0 Å². The molecule has 1 N–H and O–H groups in total. The lowest BCUT2D eigenvalue weighted by molar-refractivity contribution is 0.282. The van der Waals surface area contributed by atoms with E-state index in [1.165, 1.54) is 6.26 Å². The summed E-state index contributed by atoms with van der Waals surface area (Å²) in [6.07, 6.45) is 6.57. The molecule has 1 saturated carbocycles. The van der Waals surface area contributed by atoms with Crippen LogP contribution in [0.4, 0.5) is 0 Å². The molecule has 20 heavy (non-hydrogen) atoms. The van der Waals surface area contributed by atoms with Crippen molar-refractivity contribution in [1.29, 1.82) is 0 Å². The third kappa shape index (κ3) is 4.56. The van der Waals surface area contributed by atoms with Crippen LogP contribution in [-0.4, -0.2) is 37.4 Å². The van der Waals surface area contributed by atoms with Crippen molar-refractivity contribution in [2.45, 2.75) is 56.7 Å². The van der Waals surface area contributed by atoms with Crippen LogP contribution in [0, 0.1) is 0 Å². The lowest BCUT2D eigenvalue weighted by Gasteiger charge is -2.27. The van der Waals surface area contributed by atoms with Crippen molar-refractivity contribution < 1.29 is 12.9 Å². The molecule has 1 aromatic heterocycles. The van der Waals surface area contributed by atoms with Crippen molar-refractivity contribution in [3.63, 3.8) is 0 Å². The second-order valence-electron chi connectivity index (χ2n) is 5.62. The van der Waals surface area contributed by atoms with E-state index in [9.17, 15) is 8.42 Å². The van der Waals surface area contributed by atoms with Gasteiger partial charge in [0.15, 0.2) is 15.7 Å². The molecule has 1 aromatic rings. The van der Waals surface area contributed by atoms with E-state index in [2.05, 4.69) is 22.4 Å². The van der Waals surface area contributed by atoms with Crippen LogP contribution in [-0.2, 0) is 15.6 Å². The highest BCUT2D eigenvalue weighted by molar-refractivity contribution is 7.89. The summed E-state index contributed by atoms with van der Waals surface area (Å²) in [6, 6.07) is 0.588. The fraction of sp³-hybridized carbons (Fsp3) is 0.846. The fourth-order valence-electron chi connectivity index (χ4n) is 2.62. The van der Waals surface area contributed by atoms with Crippen LogP contribution in [0.15, 0.2) is 4.52 Å². The van der Waals surface area contributed by atoms with Gasteiger partial charge in [0.1, 0.15) is 5.75 Å². The summed E-state index contributed by atoms with van der Waals surface area (Å²) in [4.78, 5) is 4.23. The van der Waals surface area contributed by atoms with Gasteiger partial charge in [-0.05, 0) is 38.6 Å². The standard InChI is InChI=1S/C13H23N3O3S/c1-3-8-14-11-6-4-10(5-7-11)13-15-12(16-19-13)9-20(2,17)18/h10-11,14H,3-9H2,1-2H3. The maximum Gasteiger partial charge on any atom is 0.229 e. The van der Waals surface area contributed by atoms with E-state index < -0.39 is 9.84 Å². The molecule has 0 saturated heterocycles. The Morgan fingerprint density at radius 3 is 2.60 bits per heavy atom. The van der Waals surface area contributed by atoms with E-state index in [1.54, 1.807) is 0 Å². The third-order valence-corrected chi connectivity index (χ3v) is 4.42. The first kappa shape index (κ1) is 15.4. The largest absolute Gasteiger partial charge is 0.339 e. The van der Waals surface area contributed by atoms with Gasteiger partial charge in [-0.2, -0.15) is 4.98 Å². The minimum atomic E-state index is -3.11. The second kappa shape index (κ2) is 6.67. The first-order valence-corrected chi connectivity index (χ1v) is 9.27. The molecule has 1 aliphatic rings. The van der Waals surface area contributed by atoms with Crippen molar-refractivity contribution in [2.24, 2.45) is 0 Å². The van der Waals surface area contributed by atoms with E-state index >= 15 is 0 Å². The van der Waals surface area contributed by atoms with Crippen molar-refractivity contribution in [3.8, 4) is 0 Å². The van der Waals surface area contributed by atoms with Crippen LogP contribution in [0.5, 0.6) is 0 Å². The summed E-state index contributed by atoms with van der Waals surface area (Å²) in [7, 11) is -3.11. The molecule has 1 heterocycles. The van der Waals surface area contributed by atoms with Crippen molar-refractivity contribution in [2.75, 3.05) is 12.8 Å². The Morgan fingerprint density at radius 1 is 1.30 bits per heavy atom. The van der Waals surface area contributed by atoms with Gasteiger partial charge in [-0.25, -0.2) is 8.42 Å². The molecule has 0 atom stereocenters. The van der Waals surface area contributed by atoms with Crippen LogP contribution >= 0.6 is 0 Å². The van der Waals surface area contributed by atoms with Crippen LogP contribution in [0.3, 0.4) is 0 Å². The maximum atomic E-state index is 11.2. The summed E-state index contributed by atoms with van der Waals surface area (Å²) in [5.74, 6) is 0.992. The highest BCUT2D eigenvalue weighted by atomic mass is 32.2. The number of hydrogen-bond donors (Lipinski definition) is 1. The second-order valence-corrected chi connectivity index (χ2v) is 7.76. The van der Waals surface area contributed by atoms with Gasteiger partial charge in [-0.1, -0.05) is 12.1 Å². The van der Waals surface area contributed by atoms with Gasteiger partial charge in [-0.15, -0.1) is 0 Å². The minimum absolute atomic E-state index is 0.149. The van der Waals surface area contributed by atoms with Crippen molar-refractivity contribution in [3.05, 3.63) is 11.7 Å². The van der Waals surface area contributed by atoms with E-state index in [0.717, 1.165) is 38.6 Å². The summed E-state index contributed by atoms with van der Waals surface area (Å²) in [6.45, 7) is 3.23. The number of aromatic nitrogens is 2.